The molecule has 0 aliphatic carbocycles. The van der Waals surface area contributed by atoms with Crippen molar-refractivity contribution >= 4 is 35.2 Å². The van der Waals surface area contributed by atoms with Crippen LogP contribution in [0.1, 0.15) is 49.1 Å². The topological polar surface area (TPSA) is 90.5 Å². The van der Waals surface area contributed by atoms with Crippen LogP contribution in [-0.4, -0.2) is 49.4 Å². The summed E-state index contributed by atoms with van der Waals surface area (Å²) in [5, 5.41) is 12.9. The van der Waals surface area contributed by atoms with Crippen LogP contribution >= 0.6 is 23.7 Å². The van der Waals surface area contributed by atoms with Gasteiger partial charge in [0.15, 0.2) is 0 Å². The Hall–Kier alpha value is -1.79. The van der Waals surface area contributed by atoms with Crippen LogP contribution in [0.15, 0.2) is 18.2 Å². The monoisotopic (exact) mass is 518 g/mol. The number of hydrogen-bond acceptors (Lipinski definition) is 8. The molecule has 1 saturated heterocycles. The highest BCUT2D eigenvalue weighted by Crippen LogP contribution is 2.33. The van der Waals surface area contributed by atoms with E-state index in [4.69, 9.17) is 17.3 Å². The molecule has 0 unspecified atom stereocenters. The highest BCUT2D eigenvalue weighted by molar-refractivity contribution is 7.94. The first-order chi connectivity index (χ1) is 16.2. The van der Waals surface area contributed by atoms with Crippen LogP contribution in [0.4, 0.5) is 24.7 Å². The minimum atomic E-state index is -4.47. The maximum absolute atomic E-state index is 13.1. The van der Waals surface area contributed by atoms with E-state index in [9.17, 15) is 18.3 Å². The molecule has 2 aliphatic heterocycles. The number of halogens is 4. The fourth-order valence-corrected chi connectivity index (χ4v) is 5.08. The minimum absolute atomic E-state index is 0.0496. The molecule has 0 spiro atoms. The standard InChI is InChI=1S/C20H24ClF3N6OS.C2H6/c21-19-27-17-3-6-30(32-29-4-1-15(31)2-5-29)11-16(17)18(28-19)26-10-12-7-13(20(22,23)24)9-14(25)8-12;1-2/h7-9,15,31H,1-6,10-11,25H2,(H,26,27,28);1-2H3. The van der Waals surface area contributed by atoms with Crippen LogP contribution < -0.4 is 11.1 Å². The average molecular weight is 519 g/mol. The van der Waals surface area contributed by atoms with E-state index in [-0.39, 0.29) is 23.6 Å². The summed E-state index contributed by atoms with van der Waals surface area (Å²) in [7, 11) is 0. The van der Waals surface area contributed by atoms with Crippen molar-refractivity contribution in [2.24, 2.45) is 0 Å². The summed E-state index contributed by atoms with van der Waals surface area (Å²) in [6, 6.07) is 3.50. The molecule has 0 saturated carbocycles. The highest BCUT2D eigenvalue weighted by Gasteiger charge is 2.31. The molecule has 0 bridgehead atoms. The van der Waals surface area contributed by atoms with Crippen molar-refractivity contribution in [1.82, 2.24) is 18.6 Å². The summed E-state index contributed by atoms with van der Waals surface area (Å²) < 4.78 is 43.7. The van der Waals surface area contributed by atoms with Gasteiger partial charge in [0, 0.05) is 62.5 Å². The number of rotatable bonds is 5. The average Bonchev–Trinajstić information content (AvgIpc) is 2.79. The van der Waals surface area contributed by atoms with Gasteiger partial charge in [0.25, 0.3) is 0 Å². The SMILES string of the molecule is CC.Nc1cc(CNc2nc(Cl)nc3c2CN(SN2CCC(O)CC2)CC3)cc(C(F)(F)F)c1. The van der Waals surface area contributed by atoms with Gasteiger partial charge < -0.3 is 16.2 Å². The molecule has 0 amide bonds. The van der Waals surface area contributed by atoms with Gasteiger partial charge in [-0.25, -0.2) is 18.6 Å². The van der Waals surface area contributed by atoms with Gasteiger partial charge in [0.05, 0.1) is 17.4 Å². The molecule has 188 valence electrons. The van der Waals surface area contributed by atoms with Crippen molar-refractivity contribution in [2.45, 2.75) is 58.5 Å². The second-order valence-electron chi connectivity index (χ2n) is 7.94. The number of nitrogens with two attached hydrogens (primary N) is 1. The normalized spacial score (nSPS) is 17.6. The zero-order valence-corrected chi connectivity index (χ0v) is 20.8. The Morgan fingerprint density at radius 2 is 1.85 bits per heavy atom. The summed E-state index contributed by atoms with van der Waals surface area (Å²) in [5.41, 5.74) is 7.05. The smallest absolute Gasteiger partial charge is 0.399 e. The Morgan fingerprint density at radius 1 is 1.15 bits per heavy atom. The molecule has 0 radical (unpaired) electrons. The number of piperidine rings is 1. The number of fused-ring (bicyclic) bond motifs is 1. The molecule has 34 heavy (non-hydrogen) atoms. The van der Waals surface area contributed by atoms with Gasteiger partial charge in [-0.2, -0.15) is 13.2 Å². The molecule has 4 N–H and O–H groups in total. The van der Waals surface area contributed by atoms with Crippen molar-refractivity contribution in [3.05, 3.63) is 45.9 Å². The lowest BCUT2D eigenvalue weighted by atomic mass is 10.1. The number of alkyl halides is 3. The third-order valence-electron chi connectivity index (χ3n) is 5.45. The molecule has 4 rings (SSSR count). The second kappa shape index (κ2) is 11.8. The van der Waals surface area contributed by atoms with Crippen LogP contribution in [-0.2, 0) is 25.7 Å². The number of aliphatic hydroxyl groups is 1. The van der Waals surface area contributed by atoms with E-state index in [2.05, 4.69) is 23.9 Å². The van der Waals surface area contributed by atoms with Gasteiger partial charge in [0.1, 0.15) is 5.82 Å². The minimum Gasteiger partial charge on any atom is -0.399 e. The molecule has 1 fully saturated rings. The van der Waals surface area contributed by atoms with E-state index in [1.54, 1.807) is 12.1 Å². The lowest BCUT2D eigenvalue weighted by molar-refractivity contribution is -0.137. The Kier molecular flexibility index (Phi) is 9.27. The Bertz CT molecular complexity index is 972. The molecule has 0 atom stereocenters. The van der Waals surface area contributed by atoms with Crippen LogP contribution in [0.5, 0.6) is 0 Å². The zero-order chi connectivity index (χ0) is 24.9. The number of aliphatic hydroxyl groups excluding tert-OH is 1. The Morgan fingerprint density at radius 3 is 2.53 bits per heavy atom. The number of nitrogens with zero attached hydrogens (tertiary/aromatic N) is 4. The Labute approximate surface area is 207 Å². The van der Waals surface area contributed by atoms with Gasteiger partial charge in [-0.3, -0.25) is 0 Å². The van der Waals surface area contributed by atoms with Crippen LogP contribution in [0.2, 0.25) is 5.28 Å². The number of anilines is 2. The summed E-state index contributed by atoms with van der Waals surface area (Å²) in [6.07, 6.45) is -2.51. The molecular weight excluding hydrogens is 489 g/mol. The molecule has 2 aromatic rings. The molecule has 2 aliphatic rings. The first-order valence-corrected chi connectivity index (χ1v) is 12.4. The quantitative estimate of drug-likeness (QED) is 0.297. The summed E-state index contributed by atoms with van der Waals surface area (Å²) in [5.74, 6) is 0.510. The van der Waals surface area contributed by atoms with Crippen LogP contribution in [0.3, 0.4) is 0 Å². The fourth-order valence-electron chi connectivity index (χ4n) is 3.83. The zero-order valence-electron chi connectivity index (χ0n) is 19.2. The summed E-state index contributed by atoms with van der Waals surface area (Å²) in [4.78, 5) is 8.64. The van der Waals surface area contributed by atoms with Crippen LogP contribution in [0.25, 0.3) is 0 Å². The lowest BCUT2D eigenvalue weighted by Gasteiger charge is -2.35. The number of hydrogen-bond donors (Lipinski definition) is 3. The fraction of sp³-hybridized carbons (Fsp3) is 0.545. The van der Waals surface area contributed by atoms with Gasteiger partial charge in [-0.05, 0) is 48.2 Å². The van der Waals surface area contributed by atoms with E-state index in [0.717, 1.165) is 55.9 Å². The first-order valence-electron chi connectivity index (χ1n) is 11.3. The number of nitrogens with one attached hydrogen (secondary N) is 1. The molecule has 1 aromatic carbocycles. The van der Waals surface area contributed by atoms with Crippen molar-refractivity contribution < 1.29 is 18.3 Å². The van der Waals surface area contributed by atoms with E-state index < -0.39 is 11.7 Å². The van der Waals surface area contributed by atoms with Gasteiger partial charge in [-0.1, -0.05) is 13.8 Å². The van der Waals surface area contributed by atoms with E-state index >= 15 is 0 Å². The van der Waals surface area contributed by atoms with Crippen molar-refractivity contribution in [1.29, 1.82) is 0 Å². The molecule has 7 nitrogen and oxygen atoms in total. The third kappa shape index (κ3) is 7.11. The first kappa shape index (κ1) is 26.8. The molecule has 12 heteroatoms. The molecule has 1 aromatic heterocycles. The number of benzene rings is 1. The Balaban J connectivity index is 0.00000158. The van der Waals surface area contributed by atoms with E-state index in [1.807, 2.05) is 13.8 Å². The largest absolute Gasteiger partial charge is 0.416 e. The number of nitrogen functional groups attached to an aromatic ring is 1. The third-order valence-corrected chi connectivity index (χ3v) is 6.76. The van der Waals surface area contributed by atoms with Crippen molar-refractivity contribution in [2.75, 3.05) is 30.7 Å². The van der Waals surface area contributed by atoms with Gasteiger partial charge in [-0.15, -0.1) is 0 Å². The van der Waals surface area contributed by atoms with E-state index in [0.29, 0.717) is 24.3 Å². The highest BCUT2D eigenvalue weighted by atomic mass is 35.5. The predicted molar refractivity (Wildman–Crippen MR) is 130 cm³/mol. The lowest BCUT2D eigenvalue weighted by Crippen LogP contribution is -2.36. The molecular formula is C22H30ClF3N6OS. The van der Waals surface area contributed by atoms with Crippen molar-refractivity contribution in [3.63, 3.8) is 0 Å². The van der Waals surface area contributed by atoms with Gasteiger partial charge >= 0.3 is 6.18 Å². The predicted octanol–water partition coefficient (Wildman–Crippen LogP) is 4.75. The van der Waals surface area contributed by atoms with Gasteiger partial charge in [0.2, 0.25) is 5.28 Å². The second-order valence-corrected chi connectivity index (χ2v) is 9.47. The maximum Gasteiger partial charge on any atom is 0.416 e. The van der Waals surface area contributed by atoms with E-state index in [1.165, 1.54) is 6.07 Å². The maximum atomic E-state index is 13.1. The van der Waals surface area contributed by atoms with Crippen molar-refractivity contribution in [3.8, 4) is 0 Å². The summed E-state index contributed by atoms with van der Waals surface area (Å²) in [6.45, 7) is 7.10. The molecule has 3 heterocycles. The summed E-state index contributed by atoms with van der Waals surface area (Å²) >= 11 is 7.74. The number of aromatic nitrogens is 2. The van der Waals surface area contributed by atoms with Crippen LogP contribution in [0, 0.1) is 0 Å².